The van der Waals surface area contributed by atoms with E-state index in [0.717, 1.165) is 19.3 Å². The molecule has 0 unspecified atom stereocenters. The quantitative estimate of drug-likeness (QED) is 0.559. The van der Waals surface area contributed by atoms with Crippen molar-refractivity contribution in [1.29, 1.82) is 0 Å². The first-order chi connectivity index (χ1) is 10.6. The molecule has 22 heavy (non-hydrogen) atoms. The molecular weight excluding hydrogens is 284 g/mol. The van der Waals surface area contributed by atoms with Gasteiger partial charge in [-0.3, -0.25) is 9.89 Å². The Balaban J connectivity index is 1.74. The van der Waals surface area contributed by atoms with Gasteiger partial charge in [-0.25, -0.2) is 0 Å². The minimum absolute atomic E-state index is 0.0153. The number of rotatable bonds is 7. The molecule has 8 heteroatoms. The van der Waals surface area contributed by atoms with Gasteiger partial charge in [-0.05, 0) is 25.7 Å². The number of aromatic amines is 1. The molecule has 0 saturated heterocycles. The van der Waals surface area contributed by atoms with Gasteiger partial charge < -0.3 is 21.5 Å². The van der Waals surface area contributed by atoms with Gasteiger partial charge in [-0.2, -0.15) is 4.98 Å². The second-order valence-electron chi connectivity index (χ2n) is 5.76. The molecule has 1 aromatic rings. The highest BCUT2D eigenvalue weighted by Gasteiger charge is 2.32. The second kappa shape index (κ2) is 8.09. The third-order valence-electron chi connectivity index (χ3n) is 3.96. The predicted molar refractivity (Wildman–Crippen MR) is 82.9 cm³/mol. The van der Waals surface area contributed by atoms with E-state index in [1.165, 1.54) is 0 Å². The Kier molecular flexibility index (Phi) is 6.14. The predicted octanol–water partition coefficient (Wildman–Crippen LogP) is -0.0318. The molecule has 3 atom stereocenters. The monoisotopic (exact) mass is 310 g/mol. The van der Waals surface area contributed by atoms with Crippen LogP contribution >= 0.6 is 0 Å². The van der Waals surface area contributed by atoms with Crippen molar-refractivity contribution < 1.29 is 9.53 Å². The summed E-state index contributed by atoms with van der Waals surface area (Å²) < 4.78 is 5.76. The van der Waals surface area contributed by atoms with E-state index in [4.69, 9.17) is 16.2 Å². The number of H-pyrrole nitrogens is 1. The number of nitrogen functional groups attached to an aromatic ring is 1. The summed E-state index contributed by atoms with van der Waals surface area (Å²) in [6, 6.07) is 0.0350. The van der Waals surface area contributed by atoms with Crippen molar-refractivity contribution in [3.05, 3.63) is 5.82 Å². The molecule has 0 bridgehead atoms. The van der Waals surface area contributed by atoms with Crippen LogP contribution in [0, 0.1) is 5.92 Å². The molecule has 1 aliphatic rings. The summed E-state index contributed by atoms with van der Waals surface area (Å²) in [6.07, 6.45) is 3.86. The van der Waals surface area contributed by atoms with Gasteiger partial charge in [-0.1, -0.05) is 6.92 Å². The Morgan fingerprint density at radius 3 is 3.00 bits per heavy atom. The van der Waals surface area contributed by atoms with E-state index in [-0.39, 0.29) is 29.9 Å². The fourth-order valence-corrected chi connectivity index (χ4v) is 2.72. The number of hydrogen-bond acceptors (Lipinski definition) is 6. The molecular formula is C14H26N6O2. The fourth-order valence-electron chi connectivity index (χ4n) is 2.72. The minimum Gasteiger partial charge on any atom is -0.377 e. The SMILES string of the molecule is CCCO[C@H]1C[C@@H](C(=O)NCCc2nc(N)n[nH]2)CC[C@@H]1N. The van der Waals surface area contributed by atoms with E-state index in [2.05, 4.69) is 27.4 Å². The lowest BCUT2D eigenvalue weighted by molar-refractivity contribution is -0.128. The highest BCUT2D eigenvalue weighted by molar-refractivity contribution is 5.78. The first kappa shape index (κ1) is 16.7. The van der Waals surface area contributed by atoms with Crippen LogP contribution in [0.5, 0.6) is 0 Å². The molecule has 6 N–H and O–H groups in total. The second-order valence-corrected chi connectivity index (χ2v) is 5.76. The molecule has 2 rings (SSSR count). The van der Waals surface area contributed by atoms with Crippen molar-refractivity contribution in [3.8, 4) is 0 Å². The van der Waals surface area contributed by atoms with Crippen LogP contribution in [0.1, 0.15) is 38.4 Å². The van der Waals surface area contributed by atoms with Gasteiger partial charge in [0.05, 0.1) is 6.10 Å². The highest BCUT2D eigenvalue weighted by atomic mass is 16.5. The van der Waals surface area contributed by atoms with E-state index >= 15 is 0 Å². The summed E-state index contributed by atoms with van der Waals surface area (Å²) in [5, 5.41) is 9.41. The molecule has 1 aliphatic carbocycles. The number of nitrogens with zero attached hydrogens (tertiary/aromatic N) is 2. The molecule has 1 amide bonds. The van der Waals surface area contributed by atoms with Gasteiger partial charge in [0, 0.05) is 31.5 Å². The molecule has 0 radical (unpaired) electrons. The van der Waals surface area contributed by atoms with Crippen molar-refractivity contribution in [2.45, 2.75) is 51.2 Å². The fraction of sp³-hybridized carbons (Fsp3) is 0.786. The zero-order valence-corrected chi connectivity index (χ0v) is 13.0. The van der Waals surface area contributed by atoms with Crippen molar-refractivity contribution in [2.24, 2.45) is 11.7 Å². The molecule has 124 valence electrons. The van der Waals surface area contributed by atoms with Crippen LogP contribution in [0.25, 0.3) is 0 Å². The van der Waals surface area contributed by atoms with Gasteiger partial charge in [0.15, 0.2) is 0 Å². The lowest BCUT2D eigenvalue weighted by Crippen LogP contribution is -2.46. The van der Waals surface area contributed by atoms with Crippen molar-refractivity contribution in [2.75, 3.05) is 18.9 Å². The summed E-state index contributed by atoms with van der Waals surface area (Å²) in [5.74, 6) is 0.928. The first-order valence-corrected chi connectivity index (χ1v) is 7.91. The van der Waals surface area contributed by atoms with Crippen molar-refractivity contribution in [3.63, 3.8) is 0 Å². The number of amides is 1. The average molecular weight is 310 g/mol. The third kappa shape index (κ3) is 4.67. The van der Waals surface area contributed by atoms with Crippen LogP contribution < -0.4 is 16.8 Å². The molecule has 1 fully saturated rings. The lowest BCUT2D eigenvalue weighted by atomic mass is 9.83. The number of carbonyl (C=O) groups is 1. The first-order valence-electron chi connectivity index (χ1n) is 7.91. The smallest absolute Gasteiger partial charge is 0.239 e. The van der Waals surface area contributed by atoms with Gasteiger partial charge in [0.1, 0.15) is 5.82 Å². The molecule has 8 nitrogen and oxygen atoms in total. The Bertz CT molecular complexity index is 478. The van der Waals surface area contributed by atoms with Gasteiger partial charge in [0.2, 0.25) is 11.9 Å². The van der Waals surface area contributed by atoms with Gasteiger partial charge >= 0.3 is 0 Å². The maximum Gasteiger partial charge on any atom is 0.239 e. The Labute approximate surface area is 130 Å². The van der Waals surface area contributed by atoms with Crippen LogP contribution in [0.3, 0.4) is 0 Å². The number of nitrogens with one attached hydrogen (secondary N) is 2. The van der Waals surface area contributed by atoms with E-state index in [9.17, 15) is 4.79 Å². The molecule has 0 spiro atoms. The lowest BCUT2D eigenvalue weighted by Gasteiger charge is -2.33. The summed E-state index contributed by atoms with van der Waals surface area (Å²) in [7, 11) is 0. The van der Waals surface area contributed by atoms with Crippen LogP contribution in [-0.4, -0.2) is 46.4 Å². The van der Waals surface area contributed by atoms with Gasteiger partial charge in [-0.15, -0.1) is 5.10 Å². The summed E-state index contributed by atoms with van der Waals surface area (Å²) in [4.78, 5) is 16.2. The van der Waals surface area contributed by atoms with Crippen molar-refractivity contribution >= 4 is 11.9 Å². The molecule has 1 aromatic heterocycles. The molecule has 0 aliphatic heterocycles. The minimum atomic E-state index is -0.0264. The largest absolute Gasteiger partial charge is 0.377 e. The summed E-state index contributed by atoms with van der Waals surface area (Å²) in [6.45, 7) is 3.27. The van der Waals surface area contributed by atoms with E-state index in [0.29, 0.717) is 31.8 Å². The number of hydrogen-bond donors (Lipinski definition) is 4. The average Bonchev–Trinajstić information content (AvgIpc) is 2.92. The number of carbonyl (C=O) groups excluding carboxylic acids is 1. The normalized spacial score (nSPS) is 25.1. The highest BCUT2D eigenvalue weighted by Crippen LogP contribution is 2.26. The van der Waals surface area contributed by atoms with E-state index < -0.39 is 0 Å². The number of nitrogens with two attached hydrogens (primary N) is 2. The van der Waals surface area contributed by atoms with Crippen LogP contribution in [0.15, 0.2) is 0 Å². The van der Waals surface area contributed by atoms with Gasteiger partial charge in [0.25, 0.3) is 0 Å². The number of ether oxygens (including phenoxy) is 1. The Morgan fingerprint density at radius 1 is 1.50 bits per heavy atom. The van der Waals surface area contributed by atoms with E-state index in [1.54, 1.807) is 0 Å². The summed E-state index contributed by atoms with van der Waals surface area (Å²) >= 11 is 0. The maximum absolute atomic E-state index is 12.2. The number of aromatic nitrogens is 3. The Morgan fingerprint density at radius 2 is 2.32 bits per heavy atom. The standard InChI is InChI=1S/C14H26N6O2/c1-2-7-22-11-8-9(3-4-10(11)15)13(21)17-6-5-12-18-14(16)20-19-12/h9-11H,2-8,15H2,1H3,(H,17,21)(H3,16,18,19,20)/t9-,10-,11-/m0/s1. The summed E-state index contributed by atoms with van der Waals surface area (Å²) in [5.41, 5.74) is 11.5. The van der Waals surface area contributed by atoms with Crippen LogP contribution in [-0.2, 0) is 16.0 Å². The molecule has 0 aromatic carbocycles. The zero-order chi connectivity index (χ0) is 15.9. The Hall–Kier alpha value is -1.67. The van der Waals surface area contributed by atoms with E-state index in [1.807, 2.05) is 0 Å². The topological polar surface area (TPSA) is 132 Å². The van der Waals surface area contributed by atoms with Crippen LogP contribution in [0.4, 0.5) is 5.95 Å². The molecule has 1 saturated carbocycles. The number of anilines is 1. The van der Waals surface area contributed by atoms with Crippen molar-refractivity contribution in [1.82, 2.24) is 20.5 Å². The van der Waals surface area contributed by atoms with Crippen LogP contribution in [0.2, 0.25) is 0 Å². The molecule has 1 heterocycles. The maximum atomic E-state index is 12.2. The zero-order valence-electron chi connectivity index (χ0n) is 13.0. The third-order valence-corrected chi connectivity index (χ3v) is 3.96.